The number of carbonyl (C=O) groups excluding carboxylic acids is 1. The number of esters is 1. The molecule has 4 heteroatoms. The molecule has 0 aromatic heterocycles. The highest BCUT2D eigenvalue weighted by molar-refractivity contribution is 5.91. The van der Waals surface area contributed by atoms with Gasteiger partial charge in [0.15, 0.2) is 0 Å². The molecule has 1 spiro atoms. The highest BCUT2D eigenvalue weighted by Crippen LogP contribution is 2.72. The van der Waals surface area contributed by atoms with E-state index in [2.05, 4.69) is 13.8 Å². The molecule has 4 fully saturated rings. The van der Waals surface area contributed by atoms with Gasteiger partial charge < -0.3 is 14.2 Å². The van der Waals surface area contributed by atoms with Crippen molar-refractivity contribution in [2.45, 2.75) is 63.6 Å². The monoisotopic (exact) mass is 262 g/mol. The summed E-state index contributed by atoms with van der Waals surface area (Å²) in [6.07, 6.45) is 2.59. The minimum Gasteiger partial charge on any atom is -0.454 e. The van der Waals surface area contributed by atoms with Crippen molar-refractivity contribution in [3.8, 4) is 0 Å². The van der Waals surface area contributed by atoms with Crippen LogP contribution in [0.15, 0.2) is 11.1 Å². The number of carbonyl (C=O) groups is 1. The Labute approximate surface area is 112 Å². The van der Waals surface area contributed by atoms with Crippen LogP contribution in [0.5, 0.6) is 0 Å². The minimum absolute atomic E-state index is 0.0481. The van der Waals surface area contributed by atoms with E-state index in [4.69, 9.17) is 14.2 Å². The Morgan fingerprint density at radius 2 is 2.11 bits per heavy atom. The van der Waals surface area contributed by atoms with Gasteiger partial charge in [0.1, 0.15) is 23.9 Å². The van der Waals surface area contributed by atoms with Crippen LogP contribution in [0.25, 0.3) is 0 Å². The van der Waals surface area contributed by atoms with Crippen molar-refractivity contribution < 1.29 is 19.0 Å². The van der Waals surface area contributed by atoms with Gasteiger partial charge in [-0.05, 0) is 24.8 Å². The van der Waals surface area contributed by atoms with E-state index in [0.717, 1.165) is 18.4 Å². The fraction of sp³-hybridized carbons (Fsp3) is 0.800. The third kappa shape index (κ3) is 0.984. The molecule has 0 aromatic rings. The molecule has 2 saturated heterocycles. The molecule has 4 nitrogen and oxygen atoms in total. The van der Waals surface area contributed by atoms with Gasteiger partial charge in [0.2, 0.25) is 0 Å². The molecule has 0 N–H and O–H groups in total. The first-order chi connectivity index (χ1) is 8.98. The predicted octanol–water partition coefficient (Wildman–Crippen LogP) is 1.58. The van der Waals surface area contributed by atoms with Crippen molar-refractivity contribution >= 4 is 5.97 Å². The van der Waals surface area contributed by atoms with Crippen molar-refractivity contribution in [2.24, 2.45) is 11.3 Å². The summed E-state index contributed by atoms with van der Waals surface area (Å²) in [6.45, 7) is 6.49. The largest absolute Gasteiger partial charge is 0.454 e. The molecule has 19 heavy (non-hydrogen) atoms. The Hall–Kier alpha value is -0.870. The van der Waals surface area contributed by atoms with Crippen LogP contribution < -0.4 is 0 Å². The van der Waals surface area contributed by atoms with Crippen molar-refractivity contribution in [1.82, 2.24) is 0 Å². The number of fused-ring (bicyclic) bond motifs is 3. The molecule has 3 aliphatic heterocycles. The maximum Gasteiger partial charge on any atom is 0.334 e. The second kappa shape index (κ2) is 2.77. The Bertz CT molecular complexity index is 552. The van der Waals surface area contributed by atoms with Gasteiger partial charge in [-0.3, -0.25) is 0 Å². The van der Waals surface area contributed by atoms with Crippen molar-refractivity contribution in [3.63, 3.8) is 0 Å². The molecule has 5 rings (SSSR count). The summed E-state index contributed by atoms with van der Waals surface area (Å²) in [4.78, 5) is 11.8. The number of epoxide rings is 2. The van der Waals surface area contributed by atoms with Gasteiger partial charge in [-0.25, -0.2) is 4.79 Å². The average Bonchev–Trinajstić information content (AvgIpc) is 3.23. The van der Waals surface area contributed by atoms with Crippen LogP contribution in [0, 0.1) is 11.3 Å². The number of ether oxygens (including phenoxy) is 3. The summed E-state index contributed by atoms with van der Waals surface area (Å²) in [5.74, 6) is 0.345. The molecule has 5 aliphatic rings. The summed E-state index contributed by atoms with van der Waals surface area (Å²) >= 11 is 0. The lowest BCUT2D eigenvalue weighted by molar-refractivity contribution is -0.142. The highest BCUT2D eigenvalue weighted by Gasteiger charge is 2.82. The van der Waals surface area contributed by atoms with Crippen molar-refractivity contribution in [1.29, 1.82) is 0 Å². The highest BCUT2D eigenvalue weighted by atomic mass is 16.7. The molecular formula is C15H18O4. The fourth-order valence-corrected chi connectivity index (χ4v) is 4.97. The van der Waals surface area contributed by atoms with Crippen molar-refractivity contribution in [3.05, 3.63) is 11.1 Å². The molecule has 0 bridgehead atoms. The van der Waals surface area contributed by atoms with Gasteiger partial charge in [-0.2, -0.15) is 0 Å². The first kappa shape index (κ1) is 10.9. The number of rotatable bonds is 0. The lowest BCUT2D eigenvalue weighted by atomic mass is 9.54. The SMILES string of the molecule is CC1=C2C[C@]3(C)[C@@H](C)[C@@H]4O[C@@H]4[C@@H]4O[C@@]43C[C@H]2OC1=O. The van der Waals surface area contributed by atoms with Crippen molar-refractivity contribution in [2.75, 3.05) is 0 Å². The van der Waals surface area contributed by atoms with Crippen LogP contribution in [0.2, 0.25) is 0 Å². The molecule has 0 amide bonds. The summed E-state index contributed by atoms with van der Waals surface area (Å²) < 4.78 is 17.5. The zero-order valence-corrected chi connectivity index (χ0v) is 11.4. The lowest BCUT2D eigenvalue weighted by Gasteiger charge is -2.47. The van der Waals surface area contributed by atoms with Crippen LogP contribution in [0.1, 0.15) is 33.6 Å². The maximum absolute atomic E-state index is 11.8. The van der Waals surface area contributed by atoms with Gasteiger partial charge in [0, 0.05) is 17.4 Å². The van der Waals surface area contributed by atoms with Gasteiger partial charge in [-0.1, -0.05) is 13.8 Å². The summed E-state index contributed by atoms with van der Waals surface area (Å²) in [7, 11) is 0. The van der Waals surface area contributed by atoms with Crippen LogP contribution in [-0.2, 0) is 19.0 Å². The maximum atomic E-state index is 11.8. The molecule has 3 heterocycles. The molecule has 2 aliphatic carbocycles. The Balaban J connectivity index is 1.63. The van der Waals surface area contributed by atoms with Gasteiger partial charge >= 0.3 is 5.97 Å². The molecule has 0 radical (unpaired) electrons. The molecule has 0 aromatic carbocycles. The standard InChI is InChI=1S/C15H18O4/c1-6-8-4-14(3)7(2)10-11(18-10)12-15(14,19-12)5-9(8)17-13(6)16/h7,9-12H,4-5H2,1-3H3/t7-,9+,10-,11-,12-,14+,15-/m0/s1. The smallest absolute Gasteiger partial charge is 0.334 e. The first-order valence-electron chi connectivity index (χ1n) is 7.22. The van der Waals surface area contributed by atoms with Gasteiger partial charge in [-0.15, -0.1) is 0 Å². The van der Waals surface area contributed by atoms with E-state index >= 15 is 0 Å². The topological polar surface area (TPSA) is 51.4 Å². The predicted molar refractivity (Wildman–Crippen MR) is 65.4 cm³/mol. The van der Waals surface area contributed by atoms with Crippen LogP contribution in [-0.4, -0.2) is 36.0 Å². The molecule has 0 unspecified atom stereocenters. The fourth-order valence-electron chi connectivity index (χ4n) is 4.97. The van der Waals surface area contributed by atoms with Crippen LogP contribution in [0.3, 0.4) is 0 Å². The van der Waals surface area contributed by atoms with Crippen LogP contribution in [0.4, 0.5) is 0 Å². The van der Waals surface area contributed by atoms with Crippen LogP contribution >= 0.6 is 0 Å². The lowest BCUT2D eigenvalue weighted by Crippen LogP contribution is -2.54. The van der Waals surface area contributed by atoms with E-state index in [1.807, 2.05) is 6.92 Å². The van der Waals surface area contributed by atoms with E-state index in [1.54, 1.807) is 0 Å². The Morgan fingerprint density at radius 3 is 2.89 bits per heavy atom. The zero-order valence-electron chi connectivity index (χ0n) is 11.4. The molecule has 102 valence electrons. The number of hydrogen-bond donors (Lipinski definition) is 0. The van der Waals surface area contributed by atoms with E-state index in [0.29, 0.717) is 18.1 Å². The van der Waals surface area contributed by atoms with E-state index < -0.39 is 0 Å². The first-order valence-corrected chi connectivity index (χ1v) is 7.22. The third-order valence-electron chi connectivity index (χ3n) is 6.54. The molecular weight excluding hydrogens is 244 g/mol. The normalized spacial score (nSPS) is 60.8. The third-order valence-corrected chi connectivity index (χ3v) is 6.54. The minimum atomic E-state index is -0.134. The summed E-state index contributed by atoms with van der Waals surface area (Å²) in [5.41, 5.74) is 2.00. The quantitative estimate of drug-likeness (QED) is 0.491. The summed E-state index contributed by atoms with van der Waals surface area (Å²) in [6, 6.07) is 0. The number of hydrogen-bond acceptors (Lipinski definition) is 4. The molecule has 2 saturated carbocycles. The Kier molecular flexibility index (Phi) is 1.58. The second-order valence-corrected chi connectivity index (χ2v) is 7.12. The van der Waals surface area contributed by atoms with E-state index in [-0.39, 0.29) is 29.2 Å². The summed E-state index contributed by atoms with van der Waals surface area (Å²) in [5, 5.41) is 0. The van der Waals surface area contributed by atoms with Gasteiger partial charge in [0.05, 0.1) is 6.10 Å². The average molecular weight is 262 g/mol. The zero-order chi connectivity index (χ0) is 13.2. The molecule has 7 atom stereocenters. The van der Waals surface area contributed by atoms with Gasteiger partial charge in [0.25, 0.3) is 0 Å². The van der Waals surface area contributed by atoms with E-state index in [9.17, 15) is 4.79 Å². The Morgan fingerprint density at radius 1 is 1.32 bits per heavy atom. The van der Waals surface area contributed by atoms with E-state index in [1.165, 1.54) is 5.57 Å². The second-order valence-electron chi connectivity index (χ2n) is 7.12.